The average molecular weight is 446 g/mol. The van der Waals surface area contributed by atoms with Gasteiger partial charge in [-0.15, -0.1) is 0 Å². The van der Waals surface area contributed by atoms with Crippen LogP contribution in [0.5, 0.6) is 5.75 Å². The molecule has 0 radical (unpaired) electrons. The number of nitrogen functional groups attached to an aromatic ring is 1. The summed E-state index contributed by atoms with van der Waals surface area (Å²) >= 11 is 6.34. The average Bonchev–Trinajstić information content (AvgIpc) is 3.26. The van der Waals surface area contributed by atoms with E-state index in [-0.39, 0.29) is 28.4 Å². The molecule has 8 nitrogen and oxygen atoms in total. The summed E-state index contributed by atoms with van der Waals surface area (Å²) in [6.45, 7) is 4.59. The number of Topliss-reactive ketones (excluding diaryl/α,β-unsaturated/α-hetero) is 1. The molecule has 1 saturated carbocycles. The number of hydrogen-bond donors (Lipinski definition) is 2. The minimum Gasteiger partial charge on any atom is -0.496 e. The van der Waals surface area contributed by atoms with E-state index in [4.69, 9.17) is 22.1 Å². The number of carbonyl (C=O) groups is 1. The molecule has 2 aromatic heterocycles. The van der Waals surface area contributed by atoms with Crippen molar-refractivity contribution >= 4 is 29.2 Å². The van der Waals surface area contributed by atoms with Crippen molar-refractivity contribution in [2.75, 3.05) is 24.3 Å². The Morgan fingerprint density at radius 2 is 2.03 bits per heavy atom. The first-order valence-electron chi connectivity index (χ1n) is 10.6. The van der Waals surface area contributed by atoms with Crippen LogP contribution in [0.4, 0.5) is 11.8 Å². The van der Waals surface area contributed by atoms with Gasteiger partial charge in [-0.25, -0.2) is 4.98 Å². The molecule has 0 aromatic carbocycles. The minimum absolute atomic E-state index is 0.00232. The van der Waals surface area contributed by atoms with Crippen LogP contribution in [-0.4, -0.2) is 45.6 Å². The Morgan fingerprint density at radius 1 is 1.32 bits per heavy atom. The first-order valence-corrected chi connectivity index (χ1v) is 11.0. The van der Waals surface area contributed by atoms with E-state index in [2.05, 4.69) is 15.0 Å². The second-order valence-electron chi connectivity index (χ2n) is 8.50. The van der Waals surface area contributed by atoms with Crippen molar-refractivity contribution < 1.29 is 14.6 Å². The fraction of sp³-hybridized carbons (Fsp3) is 0.545. The van der Waals surface area contributed by atoms with E-state index in [1.54, 1.807) is 13.3 Å². The quantitative estimate of drug-likeness (QED) is 0.674. The SMILES string of the molecule is COc1c(C)cnc(CN2CC(C(O)C3CCCC3)C(=O)c3c(Cl)nc(N)nc32)c1C. The van der Waals surface area contributed by atoms with Gasteiger partial charge in [0.1, 0.15) is 16.7 Å². The smallest absolute Gasteiger partial charge is 0.223 e. The van der Waals surface area contributed by atoms with Gasteiger partial charge in [0, 0.05) is 23.9 Å². The fourth-order valence-electron chi connectivity index (χ4n) is 4.91. The number of halogens is 1. The second kappa shape index (κ2) is 8.59. The highest BCUT2D eigenvalue weighted by atomic mass is 35.5. The van der Waals surface area contributed by atoms with Crippen molar-refractivity contribution in [2.24, 2.45) is 11.8 Å². The normalized spacial score (nSPS) is 20.1. The number of nitrogens with two attached hydrogens (primary N) is 1. The van der Waals surface area contributed by atoms with Gasteiger partial charge < -0.3 is 20.5 Å². The number of aryl methyl sites for hydroxylation is 1. The third-order valence-corrected chi connectivity index (χ3v) is 6.82. The highest BCUT2D eigenvalue weighted by Gasteiger charge is 2.42. The summed E-state index contributed by atoms with van der Waals surface area (Å²) in [5.41, 5.74) is 8.73. The first kappa shape index (κ1) is 21.8. The summed E-state index contributed by atoms with van der Waals surface area (Å²) in [6.07, 6.45) is 5.05. The van der Waals surface area contributed by atoms with Crippen LogP contribution in [0.1, 0.15) is 52.9 Å². The largest absolute Gasteiger partial charge is 0.496 e. The molecule has 3 heterocycles. The molecule has 3 N–H and O–H groups in total. The summed E-state index contributed by atoms with van der Waals surface area (Å²) in [6, 6.07) is 0. The van der Waals surface area contributed by atoms with E-state index in [9.17, 15) is 9.90 Å². The van der Waals surface area contributed by atoms with E-state index < -0.39 is 12.0 Å². The summed E-state index contributed by atoms with van der Waals surface area (Å²) < 4.78 is 5.54. The number of aromatic nitrogens is 3. The topological polar surface area (TPSA) is 114 Å². The van der Waals surface area contributed by atoms with Gasteiger partial charge in [0.25, 0.3) is 0 Å². The van der Waals surface area contributed by atoms with Crippen molar-refractivity contribution in [3.63, 3.8) is 0 Å². The molecule has 0 bridgehead atoms. The van der Waals surface area contributed by atoms with Crippen LogP contribution < -0.4 is 15.4 Å². The summed E-state index contributed by atoms with van der Waals surface area (Å²) in [5, 5.41) is 11.1. The zero-order valence-electron chi connectivity index (χ0n) is 18.1. The van der Waals surface area contributed by atoms with E-state index in [0.29, 0.717) is 18.9 Å². The van der Waals surface area contributed by atoms with Gasteiger partial charge in [-0.05, 0) is 32.6 Å². The number of rotatable bonds is 5. The van der Waals surface area contributed by atoms with Crippen LogP contribution in [0.3, 0.4) is 0 Å². The van der Waals surface area contributed by atoms with Crippen molar-refractivity contribution in [3.05, 3.63) is 33.7 Å². The lowest BCUT2D eigenvalue weighted by Gasteiger charge is -2.37. The van der Waals surface area contributed by atoms with Gasteiger partial charge in [-0.2, -0.15) is 4.98 Å². The molecule has 2 unspecified atom stereocenters. The van der Waals surface area contributed by atoms with Gasteiger partial charge in [0.05, 0.1) is 36.9 Å². The molecule has 1 fully saturated rings. The van der Waals surface area contributed by atoms with Crippen LogP contribution in [0.2, 0.25) is 5.15 Å². The zero-order valence-corrected chi connectivity index (χ0v) is 18.8. The van der Waals surface area contributed by atoms with Crippen LogP contribution >= 0.6 is 11.6 Å². The second-order valence-corrected chi connectivity index (χ2v) is 8.86. The number of aliphatic hydroxyl groups is 1. The van der Waals surface area contributed by atoms with Crippen LogP contribution in [0, 0.1) is 25.7 Å². The number of anilines is 2. The number of hydrogen-bond acceptors (Lipinski definition) is 8. The molecule has 2 aliphatic rings. The molecule has 0 spiro atoms. The lowest BCUT2D eigenvalue weighted by atomic mass is 9.82. The minimum atomic E-state index is -0.735. The third kappa shape index (κ3) is 3.94. The maximum Gasteiger partial charge on any atom is 0.223 e. The molecule has 0 saturated heterocycles. The molecular weight excluding hydrogens is 418 g/mol. The van der Waals surface area contributed by atoms with E-state index in [1.807, 2.05) is 18.7 Å². The third-order valence-electron chi connectivity index (χ3n) is 6.55. The fourth-order valence-corrected chi connectivity index (χ4v) is 5.18. The molecule has 4 rings (SSSR count). The maximum absolute atomic E-state index is 13.3. The Labute approximate surface area is 186 Å². The number of nitrogens with zero attached hydrogens (tertiary/aromatic N) is 4. The monoisotopic (exact) mass is 445 g/mol. The highest BCUT2D eigenvalue weighted by Crippen LogP contribution is 2.39. The van der Waals surface area contributed by atoms with E-state index >= 15 is 0 Å². The summed E-state index contributed by atoms with van der Waals surface area (Å²) in [7, 11) is 1.63. The lowest BCUT2D eigenvalue weighted by molar-refractivity contribution is 0.0439. The van der Waals surface area contributed by atoms with Crippen LogP contribution in [-0.2, 0) is 6.54 Å². The number of aliphatic hydroxyl groups excluding tert-OH is 1. The highest BCUT2D eigenvalue weighted by molar-refractivity contribution is 6.34. The predicted molar refractivity (Wildman–Crippen MR) is 119 cm³/mol. The Morgan fingerprint density at radius 3 is 2.71 bits per heavy atom. The number of methoxy groups -OCH3 is 1. The molecule has 0 amide bonds. The van der Waals surface area contributed by atoms with Crippen LogP contribution in [0.25, 0.3) is 0 Å². The van der Waals surface area contributed by atoms with Crippen LogP contribution in [0.15, 0.2) is 6.20 Å². The maximum atomic E-state index is 13.3. The Kier molecular flexibility index (Phi) is 6.03. The number of fused-ring (bicyclic) bond motifs is 1. The number of carbonyl (C=O) groups excluding carboxylic acids is 1. The first-order chi connectivity index (χ1) is 14.8. The Balaban J connectivity index is 1.74. The molecule has 1 aliphatic carbocycles. The van der Waals surface area contributed by atoms with Crippen molar-refractivity contribution in [1.82, 2.24) is 15.0 Å². The predicted octanol–water partition coefficient (Wildman–Crippen LogP) is 3.10. The van der Waals surface area contributed by atoms with Gasteiger partial charge in [0.2, 0.25) is 5.95 Å². The van der Waals surface area contributed by atoms with Crippen molar-refractivity contribution in [2.45, 2.75) is 52.2 Å². The van der Waals surface area contributed by atoms with Gasteiger partial charge in [-0.3, -0.25) is 9.78 Å². The Hall–Kier alpha value is -2.45. The molecular formula is C22H28ClN5O3. The molecule has 9 heteroatoms. The van der Waals surface area contributed by atoms with Gasteiger partial charge in [-0.1, -0.05) is 24.4 Å². The number of ketones is 1. The standard InChI is InChI=1S/C22H28ClN5O3/c1-11-8-25-15(12(2)19(11)31-3)10-28-9-14(17(29)13-6-4-5-7-13)18(30)16-20(23)26-22(24)27-21(16)28/h8,13-14,17,29H,4-7,9-10H2,1-3H3,(H2,24,26,27). The lowest BCUT2D eigenvalue weighted by Crippen LogP contribution is -2.47. The molecule has 31 heavy (non-hydrogen) atoms. The van der Waals surface area contributed by atoms with E-state index in [1.165, 1.54) is 0 Å². The molecule has 166 valence electrons. The van der Waals surface area contributed by atoms with Crippen molar-refractivity contribution in [1.29, 1.82) is 0 Å². The molecule has 1 aliphatic heterocycles. The molecule has 2 aromatic rings. The number of pyridine rings is 1. The molecule has 2 atom stereocenters. The van der Waals surface area contributed by atoms with Crippen molar-refractivity contribution in [3.8, 4) is 5.75 Å². The Bertz CT molecular complexity index is 1010. The zero-order chi connectivity index (χ0) is 22.3. The summed E-state index contributed by atoms with van der Waals surface area (Å²) in [5.74, 6) is 0.460. The van der Waals surface area contributed by atoms with Gasteiger partial charge in [0.15, 0.2) is 5.78 Å². The van der Waals surface area contributed by atoms with Gasteiger partial charge >= 0.3 is 0 Å². The van der Waals surface area contributed by atoms with E-state index in [0.717, 1.165) is 48.3 Å². The number of ether oxygens (including phenoxy) is 1. The summed E-state index contributed by atoms with van der Waals surface area (Å²) in [4.78, 5) is 28.2.